The Morgan fingerprint density at radius 2 is 1.86 bits per heavy atom. The molecule has 2 aromatic rings. The second-order valence-electron chi connectivity index (χ2n) is 2.79. The van der Waals surface area contributed by atoms with Crippen LogP contribution >= 0.6 is 23.2 Å². The smallest absolute Gasteiger partial charge is 0.126 e. The molecule has 14 heavy (non-hydrogen) atoms. The highest BCUT2D eigenvalue weighted by Crippen LogP contribution is 2.36. The lowest BCUT2D eigenvalue weighted by molar-refractivity contribution is 1.10. The van der Waals surface area contributed by atoms with Gasteiger partial charge in [0.05, 0.1) is 16.2 Å². The van der Waals surface area contributed by atoms with Gasteiger partial charge >= 0.3 is 0 Å². The summed E-state index contributed by atoms with van der Waals surface area (Å²) in [5.41, 5.74) is 7.11. The molecule has 0 saturated heterocycles. The Morgan fingerprint density at radius 3 is 2.36 bits per heavy atom. The number of rotatable bonds is 1. The van der Waals surface area contributed by atoms with Crippen LogP contribution in [0.15, 0.2) is 24.4 Å². The Labute approximate surface area is 90.8 Å². The lowest BCUT2D eigenvalue weighted by Crippen LogP contribution is -1.88. The van der Waals surface area contributed by atoms with Crippen LogP contribution in [0.25, 0.3) is 11.1 Å². The fraction of sp³-hybridized carbons (Fsp3) is 0. The van der Waals surface area contributed by atoms with E-state index in [4.69, 9.17) is 28.9 Å². The predicted octanol–water partition coefficient (Wildman–Crippen LogP) is 2.97. The van der Waals surface area contributed by atoms with Crippen LogP contribution in [-0.2, 0) is 0 Å². The summed E-state index contributed by atoms with van der Waals surface area (Å²) in [5, 5.41) is 7.57. The number of anilines is 1. The van der Waals surface area contributed by atoms with Gasteiger partial charge in [0.1, 0.15) is 5.82 Å². The first-order valence-corrected chi connectivity index (χ1v) is 4.69. The van der Waals surface area contributed by atoms with E-state index in [2.05, 4.69) is 10.2 Å². The first-order chi connectivity index (χ1) is 6.70. The largest absolute Gasteiger partial charge is 0.384 e. The number of nitrogen functional groups attached to an aromatic ring is 1. The molecule has 2 rings (SSSR count). The van der Waals surface area contributed by atoms with Crippen LogP contribution in [0.1, 0.15) is 0 Å². The molecule has 0 unspecified atom stereocenters. The zero-order chi connectivity index (χ0) is 10.1. The Kier molecular flexibility index (Phi) is 2.35. The maximum Gasteiger partial charge on any atom is 0.126 e. The van der Waals surface area contributed by atoms with Crippen molar-refractivity contribution in [1.82, 2.24) is 10.2 Å². The summed E-state index contributed by atoms with van der Waals surface area (Å²) in [6, 6.07) is 5.30. The minimum Gasteiger partial charge on any atom is -0.384 e. The third-order valence-electron chi connectivity index (χ3n) is 1.90. The van der Waals surface area contributed by atoms with Gasteiger partial charge in [0.25, 0.3) is 0 Å². The highest BCUT2D eigenvalue weighted by Gasteiger charge is 2.11. The van der Waals surface area contributed by atoms with E-state index >= 15 is 0 Å². The third-order valence-corrected chi connectivity index (χ3v) is 2.53. The second kappa shape index (κ2) is 3.52. The zero-order valence-electron chi connectivity index (χ0n) is 7.09. The first kappa shape index (κ1) is 9.37. The average Bonchev–Trinajstić information content (AvgIpc) is 2.52. The Balaban J connectivity index is 2.68. The zero-order valence-corrected chi connectivity index (χ0v) is 8.60. The minimum absolute atomic E-state index is 0.458. The number of aromatic nitrogens is 2. The predicted molar refractivity (Wildman–Crippen MR) is 58.5 cm³/mol. The standard InChI is InChI=1S/C9H7Cl2N3/c10-6-2-1-3-7(11)8(6)5-4-13-14-9(5)12/h1-4H,(H3,12,13,14). The van der Waals surface area contributed by atoms with Crippen LogP contribution in [0.4, 0.5) is 5.82 Å². The Hall–Kier alpha value is -1.19. The first-order valence-electron chi connectivity index (χ1n) is 3.93. The molecule has 0 atom stereocenters. The van der Waals surface area contributed by atoms with Gasteiger partial charge < -0.3 is 5.73 Å². The van der Waals surface area contributed by atoms with Crippen LogP contribution in [0.3, 0.4) is 0 Å². The topological polar surface area (TPSA) is 54.7 Å². The number of nitrogens with one attached hydrogen (secondary N) is 1. The normalized spacial score (nSPS) is 10.4. The van der Waals surface area contributed by atoms with Gasteiger partial charge in [-0.3, -0.25) is 5.10 Å². The molecule has 3 nitrogen and oxygen atoms in total. The van der Waals surface area contributed by atoms with Crippen molar-refractivity contribution in [3.63, 3.8) is 0 Å². The van der Waals surface area contributed by atoms with Crippen molar-refractivity contribution in [3.8, 4) is 11.1 Å². The van der Waals surface area contributed by atoms with Crippen LogP contribution < -0.4 is 5.73 Å². The summed E-state index contributed by atoms with van der Waals surface area (Å²) in [5.74, 6) is 0.458. The summed E-state index contributed by atoms with van der Waals surface area (Å²) in [6.45, 7) is 0. The number of benzene rings is 1. The van der Waals surface area contributed by atoms with Crippen LogP contribution in [0.5, 0.6) is 0 Å². The second-order valence-corrected chi connectivity index (χ2v) is 3.61. The molecule has 0 saturated carbocycles. The van der Waals surface area contributed by atoms with E-state index in [1.165, 1.54) is 0 Å². The highest BCUT2D eigenvalue weighted by atomic mass is 35.5. The van der Waals surface area contributed by atoms with E-state index in [1.54, 1.807) is 24.4 Å². The fourth-order valence-corrected chi connectivity index (χ4v) is 1.85. The molecule has 0 aliphatic heterocycles. The minimum atomic E-state index is 0.458. The highest BCUT2D eigenvalue weighted by molar-refractivity contribution is 6.39. The van der Waals surface area contributed by atoms with Gasteiger partial charge in [-0.1, -0.05) is 29.3 Å². The molecular weight excluding hydrogens is 221 g/mol. The fourth-order valence-electron chi connectivity index (χ4n) is 1.25. The molecule has 72 valence electrons. The van der Waals surface area contributed by atoms with Crippen LogP contribution in [0, 0.1) is 0 Å². The molecule has 0 radical (unpaired) electrons. The van der Waals surface area contributed by atoms with Gasteiger partial charge in [-0.05, 0) is 12.1 Å². The van der Waals surface area contributed by atoms with Gasteiger partial charge in [0.15, 0.2) is 0 Å². The van der Waals surface area contributed by atoms with Crippen molar-refractivity contribution >= 4 is 29.0 Å². The van der Waals surface area contributed by atoms with Gasteiger partial charge in [-0.2, -0.15) is 5.10 Å². The third kappa shape index (κ3) is 1.45. The van der Waals surface area contributed by atoms with E-state index in [1.807, 2.05) is 0 Å². The number of hydrogen-bond donors (Lipinski definition) is 2. The number of nitrogens with two attached hydrogens (primary N) is 1. The van der Waals surface area contributed by atoms with Crippen molar-refractivity contribution in [2.45, 2.75) is 0 Å². The Bertz CT molecular complexity index is 445. The van der Waals surface area contributed by atoms with Gasteiger partial charge in [0.2, 0.25) is 0 Å². The molecule has 1 heterocycles. The maximum atomic E-state index is 6.01. The summed E-state index contributed by atoms with van der Waals surface area (Å²) in [6.07, 6.45) is 1.60. The summed E-state index contributed by atoms with van der Waals surface area (Å²) in [7, 11) is 0. The number of H-pyrrole nitrogens is 1. The lowest BCUT2D eigenvalue weighted by Gasteiger charge is -2.04. The molecule has 5 heteroatoms. The lowest BCUT2D eigenvalue weighted by atomic mass is 10.1. The van der Waals surface area contributed by atoms with Crippen LogP contribution in [-0.4, -0.2) is 10.2 Å². The molecule has 0 spiro atoms. The molecular formula is C9H7Cl2N3. The number of nitrogens with zero attached hydrogens (tertiary/aromatic N) is 1. The monoisotopic (exact) mass is 227 g/mol. The molecule has 0 amide bonds. The van der Waals surface area contributed by atoms with Gasteiger partial charge in [-0.25, -0.2) is 0 Å². The molecule has 1 aromatic heterocycles. The van der Waals surface area contributed by atoms with Gasteiger partial charge in [0, 0.05) is 11.1 Å². The van der Waals surface area contributed by atoms with E-state index in [0.29, 0.717) is 21.4 Å². The summed E-state index contributed by atoms with van der Waals surface area (Å²) >= 11 is 12.0. The summed E-state index contributed by atoms with van der Waals surface area (Å²) in [4.78, 5) is 0. The Morgan fingerprint density at radius 1 is 1.21 bits per heavy atom. The van der Waals surface area contributed by atoms with Crippen molar-refractivity contribution in [3.05, 3.63) is 34.4 Å². The summed E-state index contributed by atoms with van der Waals surface area (Å²) < 4.78 is 0. The SMILES string of the molecule is Nc1[nH]ncc1-c1c(Cl)cccc1Cl. The van der Waals surface area contributed by atoms with E-state index in [0.717, 1.165) is 5.56 Å². The van der Waals surface area contributed by atoms with E-state index in [-0.39, 0.29) is 0 Å². The van der Waals surface area contributed by atoms with Crippen LogP contribution in [0.2, 0.25) is 10.0 Å². The number of hydrogen-bond acceptors (Lipinski definition) is 2. The molecule has 0 aliphatic carbocycles. The van der Waals surface area contributed by atoms with Gasteiger partial charge in [-0.15, -0.1) is 0 Å². The maximum absolute atomic E-state index is 6.01. The molecule has 0 aliphatic rings. The molecule has 0 fully saturated rings. The van der Waals surface area contributed by atoms with E-state index in [9.17, 15) is 0 Å². The molecule has 3 N–H and O–H groups in total. The quantitative estimate of drug-likeness (QED) is 0.788. The molecule has 0 bridgehead atoms. The van der Waals surface area contributed by atoms with Crippen molar-refractivity contribution in [2.75, 3.05) is 5.73 Å². The van der Waals surface area contributed by atoms with Crippen molar-refractivity contribution in [2.24, 2.45) is 0 Å². The van der Waals surface area contributed by atoms with Crippen molar-refractivity contribution < 1.29 is 0 Å². The average molecular weight is 228 g/mol. The number of halogens is 2. The van der Waals surface area contributed by atoms with E-state index < -0.39 is 0 Å². The number of aromatic amines is 1. The van der Waals surface area contributed by atoms with Crippen molar-refractivity contribution in [1.29, 1.82) is 0 Å². The molecule has 1 aromatic carbocycles.